The number of aromatic nitrogens is 3. The summed E-state index contributed by atoms with van der Waals surface area (Å²) in [6.07, 6.45) is 5.77. The van der Waals surface area contributed by atoms with Crippen molar-refractivity contribution in [1.29, 1.82) is 0 Å². The van der Waals surface area contributed by atoms with Gasteiger partial charge in [-0.1, -0.05) is 6.42 Å². The number of hydrogen-bond donors (Lipinski definition) is 0. The van der Waals surface area contributed by atoms with Gasteiger partial charge in [0.15, 0.2) is 0 Å². The highest BCUT2D eigenvalue weighted by atomic mass is 79.9. The average Bonchev–Trinajstić information content (AvgIpc) is 2.81. The predicted molar refractivity (Wildman–Crippen MR) is 72.2 cm³/mol. The van der Waals surface area contributed by atoms with E-state index in [1.165, 1.54) is 28.6 Å². The lowest BCUT2D eigenvalue weighted by molar-refractivity contribution is 0.277. The zero-order chi connectivity index (χ0) is 11.8. The van der Waals surface area contributed by atoms with E-state index in [1.807, 2.05) is 18.4 Å². The SMILES string of the molecule is Cn1cnnc1C(c1cc(Br)cs1)C1CCC1. The summed E-state index contributed by atoms with van der Waals surface area (Å²) in [5, 5.41) is 10.5. The van der Waals surface area contributed by atoms with E-state index in [9.17, 15) is 0 Å². The van der Waals surface area contributed by atoms with Crippen LogP contribution < -0.4 is 0 Å². The summed E-state index contributed by atoms with van der Waals surface area (Å²) in [6.45, 7) is 0. The summed E-state index contributed by atoms with van der Waals surface area (Å²) in [6, 6.07) is 2.22. The fourth-order valence-corrected chi connectivity index (χ4v) is 4.04. The van der Waals surface area contributed by atoms with Crippen molar-refractivity contribution in [3.63, 3.8) is 0 Å². The molecule has 0 amide bonds. The van der Waals surface area contributed by atoms with Gasteiger partial charge in [-0.15, -0.1) is 21.5 Å². The van der Waals surface area contributed by atoms with Crippen LogP contribution in [0.2, 0.25) is 0 Å². The predicted octanol–water partition coefficient (Wildman–Crippen LogP) is 3.57. The van der Waals surface area contributed by atoms with E-state index in [4.69, 9.17) is 0 Å². The second-order valence-electron chi connectivity index (χ2n) is 4.64. The Bertz CT molecular complexity index is 515. The first-order chi connectivity index (χ1) is 8.25. The molecule has 0 saturated heterocycles. The van der Waals surface area contributed by atoms with Crippen molar-refractivity contribution in [3.05, 3.63) is 32.9 Å². The molecule has 0 bridgehead atoms. The van der Waals surface area contributed by atoms with E-state index >= 15 is 0 Å². The number of rotatable bonds is 3. The molecule has 2 aromatic heterocycles. The molecule has 1 unspecified atom stereocenters. The van der Waals surface area contributed by atoms with Gasteiger partial charge in [-0.2, -0.15) is 0 Å². The molecule has 1 atom stereocenters. The smallest absolute Gasteiger partial charge is 0.141 e. The van der Waals surface area contributed by atoms with Crippen molar-refractivity contribution in [2.45, 2.75) is 25.2 Å². The highest BCUT2D eigenvalue weighted by Gasteiger charge is 2.33. The topological polar surface area (TPSA) is 30.7 Å². The lowest BCUT2D eigenvalue weighted by Crippen LogP contribution is -2.23. The number of halogens is 1. The quantitative estimate of drug-likeness (QED) is 0.867. The zero-order valence-corrected chi connectivity index (χ0v) is 12.0. The van der Waals surface area contributed by atoms with E-state index in [1.54, 1.807) is 6.33 Å². The molecule has 0 N–H and O–H groups in total. The third-order valence-corrected chi connectivity index (χ3v) is 5.32. The zero-order valence-electron chi connectivity index (χ0n) is 9.64. The number of hydrogen-bond acceptors (Lipinski definition) is 3. The van der Waals surface area contributed by atoms with Gasteiger partial charge in [-0.25, -0.2) is 0 Å². The molecule has 17 heavy (non-hydrogen) atoms. The van der Waals surface area contributed by atoms with Gasteiger partial charge >= 0.3 is 0 Å². The molecule has 1 aliphatic rings. The first kappa shape index (κ1) is 11.4. The summed E-state index contributed by atoms with van der Waals surface area (Å²) in [7, 11) is 2.03. The van der Waals surface area contributed by atoms with Crippen molar-refractivity contribution in [2.75, 3.05) is 0 Å². The minimum atomic E-state index is 0.424. The molecular formula is C12H14BrN3S. The standard InChI is InChI=1S/C12H14BrN3S/c1-16-7-14-15-12(16)11(8-3-2-4-8)10-5-9(13)6-17-10/h5-8,11H,2-4H2,1H3. The van der Waals surface area contributed by atoms with E-state index in [-0.39, 0.29) is 0 Å². The molecule has 0 aliphatic heterocycles. The van der Waals surface area contributed by atoms with Crippen molar-refractivity contribution >= 4 is 27.3 Å². The molecule has 0 spiro atoms. The monoisotopic (exact) mass is 311 g/mol. The van der Waals surface area contributed by atoms with Gasteiger partial charge in [-0.3, -0.25) is 0 Å². The van der Waals surface area contributed by atoms with Crippen LogP contribution in [0, 0.1) is 5.92 Å². The molecule has 3 rings (SSSR count). The Labute approximate surface area is 113 Å². The van der Waals surface area contributed by atoms with E-state index in [0.29, 0.717) is 5.92 Å². The Morgan fingerprint density at radius 3 is 2.82 bits per heavy atom. The summed E-state index contributed by atoms with van der Waals surface area (Å²) in [5.74, 6) is 2.26. The third kappa shape index (κ3) is 2.06. The molecule has 2 heterocycles. The Morgan fingerprint density at radius 2 is 2.35 bits per heavy atom. The van der Waals surface area contributed by atoms with Gasteiger partial charge in [0, 0.05) is 21.8 Å². The second kappa shape index (κ2) is 4.53. The van der Waals surface area contributed by atoms with Crippen LogP contribution in [0.15, 0.2) is 22.2 Å². The first-order valence-corrected chi connectivity index (χ1v) is 7.51. The van der Waals surface area contributed by atoms with Crippen LogP contribution in [0.5, 0.6) is 0 Å². The molecule has 1 fully saturated rings. The van der Waals surface area contributed by atoms with Crippen LogP contribution >= 0.6 is 27.3 Å². The summed E-state index contributed by atoms with van der Waals surface area (Å²) in [5.41, 5.74) is 0. The molecule has 2 aromatic rings. The van der Waals surface area contributed by atoms with Crippen LogP contribution in [-0.2, 0) is 7.05 Å². The Balaban J connectivity index is 2.00. The van der Waals surface area contributed by atoms with Crippen LogP contribution in [0.25, 0.3) is 0 Å². The van der Waals surface area contributed by atoms with Crippen molar-refractivity contribution in [2.24, 2.45) is 13.0 Å². The largest absolute Gasteiger partial charge is 0.320 e. The number of aryl methyl sites for hydroxylation is 1. The molecule has 1 aliphatic carbocycles. The van der Waals surface area contributed by atoms with Crippen LogP contribution in [0.4, 0.5) is 0 Å². The molecule has 0 aromatic carbocycles. The van der Waals surface area contributed by atoms with E-state index in [2.05, 4.69) is 42.1 Å². The molecule has 3 nitrogen and oxygen atoms in total. The van der Waals surface area contributed by atoms with Gasteiger partial charge < -0.3 is 4.57 Å². The van der Waals surface area contributed by atoms with Gasteiger partial charge in [0.25, 0.3) is 0 Å². The van der Waals surface area contributed by atoms with E-state index < -0.39 is 0 Å². The lowest BCUT2D eigenvalue weighted by Gasteiger charge is -2.32. The molecular weight excluding hydrogens is 298 g/mol. The van der Waals surface area contributed by atoms with Gasteiger partial charge in [0.2, 0.25) is 0 Å². The maximum Gasteiger partial charge on any atom is 0.141 e. The minimum absolute atomic E-state index is 0.424. The fourth-order valence-electron chi connectivity index (χ4n) is 2.41. The Morgan fingerprint density at radius 1 is 1.53 bits per heavy atom. The minimum Gasteiger partial charge on any atom is -0.320 e. The fraction of sp³-hybridized carbons (Fsp3) is 0.500. The lowest BCUT2D eigenvalue weighted by atomic mass is 9.75. The highest BCUT2D eigenvalue weighted by molar-refractivity contribution is 9.10. The van der Waals surface area contributed by atoms with E-state index in [0.717, 1.165) is 11.7 Å². The third-order valence-electron chi connectivity index (χ3n) is 3.54. The Kier molecular flexibility index (Phi) is 3.04. The highest BCUT2D eigenvalue weighted by Crippen LogP contribution is 2.44. The second-order valence-corrected chi connectivity index (χ2v) is 6.49. The van der Waals surface area contributed by atoms with Crippen molar-refractivity contribution < 1.29 is 0 Å². The van der Waals surface area contributed by atoms with Crippen LogP contribution in [0.1, 0.15) is 35.9 Å². The number of thiophene rings is 1. The van der Waals surface area contributed by atoms with Gasteiger partial charge in [0.05, 0.1) is 5.92 Å². The summed E-state index contributed by atoms with van der Waals surface area (Å²) in [4.78, 5) is 1.40. The normalized spacial score (nSPS) is 18.0. The first-order valence-electron chi connectivity index (χ1n) is 5.83. The van der Waals surface area contributed by atoms with Crippen LogP contribution in [0.3, 0.4) is 0 Å². The van der Waals surface area contributed by atoms with Crippen molar-refractivity contribution in [3.8, 4) is 0 Å². The van der Waals surface area contributed by atoms with Crippen molar-refractivity contribution in [1.82, 2.24) is 14.8 Å². The summed E-state index contributed by atoms with van der Waals surface area (Å²) < 4.78 is 3.22. The maximum atomic E-state index is 4.31. The van der Waals surface area contributed by atoms with Gasteiger partial charge in [-0.05, 0) is 40.8 Å². The molecule has 0 radical (unpaired) electrons. The Hall–Kier alpha value is -0.680. The molecule has 1 saturated carbocycles. The average molecular weight is 312 g/mol. The summed E-state index contributed by atoms with van der Waals surface area (Å²) >= 11 is 5.35. The maximum absolute atomic E-state index is 4.31. The number of nitrogens with zero attached hydrogens (tertiary/aromatic N) is 3. The molecule has 5 heteroatoms. The van der Waals surface area contributed by atoms with Crippen LogP contribution in [-0.4, -0.2) is 14.8 Å². The molecule has 90 valence electrons. The van der Waals surface area contributed by atoms with Gasteiger partial charge in [0.1, 0.15) is 12.2 Å².